The summed E-state index contributed by atoms with van der Waals surface area (Å²) < 4.78 is 48.8. The Labute approximate surface area is 144 Å². The fourth-order valence-corrected chi connectivity index (χ4v) is 2.02. The molecule has 4 nitrogen and oxygen atoms in total. The highest BCUT2D eigenvalue weighted by Crippen LogP contribution is 2.30. The number of benzene rings is 2. The minimum absolute atomic E-state index is 0.00338. The molecule has 0 saturated heterocycles. The van der Waals surface area contributed by atoms with Crippen LogP contribution < -0.4 is 10.1 Å². The van der Waals surface area contributed by atoms with Gasteiger partial charge in [0.1, 0.15) is 19.0 Å². The van der Waals surface area contributed by atoms with E-state index in [0.29, 0.717) is 5.75 Å². The van der Waals surface area contributed by atoms with Gasteiger partial charge in [-0.15, -0.1) is 0 Å². The van der Waals surface area contributed by atoms with E-state index in [1.165, 1.54) is 12.1 Å². The smallest absolute Gasteiger partial charge is 0.416 e. The maximum absolute atomic E-state index is 12.6. The van der Waals surface area contributed by atoms with Crippen LogP contribution in [0.4, 0.5) is 23.7 Å². The highest BCUT2D eigenvalue weighted by Gasteiger charge is 2.30. The molecule has 0 fully saturated rings. The van der Waals surface area contributed by atoms with Crippen LogP contribution in [0.25, 0.3) is 0 Å². The van der Waals surface area contributed by atoms with E-state index in [2.05, 4.69) is 21.2 Å². The maximum Gasteiger partial charge on any atom is 0.416 e. The highest BCUT2D eigenvalue weighted by molar-refractivity contribution is 9.10. The summed E-state index contributed by atoms with van der Waals surface area (Å²) in [5.41, 5.74) is -0.845. The molecular formula is C16H13BrF3NO3. The molecule has 8 heteroatoms. The lowest BCUT2D eigenvalue weighted by atomic mass is 10.2. The molecule has 0 aromatic heterocycles. The SMILES string of the molecule is O=C(Nc1cccc(C(F)(F)F)c1)OCCOc1ccc(Br)cc1. The fourth-order valence-electron chi connectivity index (χ4n) is 1.75. The third-order valence-corrected chi connectivity index (χ3v) is 3.36. The topological polar surface area (TPSA) is 47.6 Å². The van der Waals surface area contributed by atoms with Crippen LogP contribution in [0.15, 0.2) is 53.0 Å². The summed E-state index contributed by atoms with van der Waals surface area (Å²) in [6.45, 7) is 0.0818. The average molecular weight is 404 g/mol. The molecule has 2 aromatic rings. The molecule has 0 unspecified atom stereocenters. The summed E-state index contributed by atoms with van der Waals surface area (Å²) in [6, 6.07) is 11.4. The summed E-state index contributed by atoms with van der Waals surface area (Å²) >= 11 is 3.29. The Kier molecular flexibility index (Phi) is 6.08. The lowest BCUT2D eigenvalue weighted by Gasteiger charge is -2.10. The van der Waals surface area contributed by atoms with Crippen molar-refractivity contribution in [2.75, 3.05) is 18.5 Å². The van der Waals surface area contributed by atoms with E-state index in [0.717, 1.165) is 16.6 Å². The zero-order chi connectivity index (χ0) is 17.6. The van der Waals surface area contributed by atoms with Crippen LogP contribution in [0.2, 0.25) is 0 Å². The molecule has 2 rings (SSSR count). The Morgan fingerprint density at radius 3 is 2.46 bits per heavy atom. The van der Waals surface area contributed by atoms with Crippen LogP contribution in [-0.2, 0) is 10.9 Å². The minimum Gasteiger partial charge on any atom is -0.490 e. The quantitative estimate of drug-likeness (QED) is 0.706. The Balaban J connectivity index is 1.76. The van der Waals surface area contributed by atoms with Crippen LogP contribution >= 0.6 is 15.9 Å². The van der Waals surface area contributed by atoms with E-state index in [1.807, 2.05) is 0 Å². The molecule has 0 heterocycles. The zero-order valence-electron chi connectivity index (χ0n) is 12.3. The van der Waals surface area contributed by atoms with Crippen molar-refractivity contribution in [3.8, 4) is 5.75 Å². The number of hydrogen-bond acceptors (Lipinski definition) is 3. The molecule has 0 aliphatic rings. The van der Waals surface area contributed by atoms with Crippen molar-refractivity contribution in [1.82, 2.24) is 0 Å². The van der Waals surface area contributed by atoms with E-state index < -0.39 is 17.8 Å². The third kappa shape index (κ3) is 5.77. The summed E-state index contributed by atoms with van der Waals surface area (Å²) in [5.74, 6) is 0.611. The van der Waals surface area contributed by atoms with Crippen molar-refractivity contribution in [3.63, 3.8) is 0 Å². The van der Waals surface area contributed by atoms with Gasteiger partial charge >= 0.3 is 12.3 Å². The number of rotatable bonds is 5. The van der Waals surface area contributed by atoms with Gasteiger partial charge in [0.15, 0.2) is 0 Å². The predicted molar refractivity (Wildman–Crippen MR) is 86.1 cm³/mol. The molecule has 2 aromatic carbocycles. The number of nitrogens with one attached hydrogen (secondary N) is 1. The molecule has 1 N–H and O–H groups in total. The lowest BCUT2D eigenvalue weighted by Crippen LogP contribution is -2.18. The van der Waals surface area contributed by atoms with Gasteiger partial charge in [0.05, 0.1) is 5.56 Å². The third-order valence-electron chi connectivity index (χ3n) is 2.84. The van der Waals surface area contributed by atoms with E-state index >= 15 is 0 Å². The molecule has 0 aliphatic carbocycles. The Morgan fingerprint density at radius 1 is 1.08 bits per heavy atom. The molecule has 0 spiro atoms. The monoisotopic (exact) mass is 403 g/mol. The summed E-state index contributed by atoms with van der Waals surface area (Å²) in [7, 11) is 0. The second-order valence-electron chi connectivity index (χ2n) is 4.64. The van der Waals surface area contributed by atoms with Crippen molar-refractivity contribution < 1.29 is 27.4 Å². The first-order valence-electron chi connectivity index (χ1n) is 6.84. The van der Waals surface area contributed by atoms with Crippen LogP contribution in [0.5, 0.6) is 5.75 Å². The Hall–Kier alpha value is -2.22. The van der Waals surface area contributed by atoms with Crippen molar-refractivity contribution in [2.24, 2.45) is 0 Å². The maximum atomic E-state index is 12.6. The number of halogens is 4. The normalized spacial score (nSPS) is 11.0. The van der Waals surface area contributed by atoms with Crippen LogP contribution in [0, 0.1) is 0 Å². The lowest BCUT2D eigenvalue weighted by molar-refractivity contribution is -0.137. The van der Waals surface area contributed by atoms with E-state index in [9.17, 15) is 18.0 Å². The first-order valence-corrected chi connectivity index (χ1v) is 7.63. The van der Waals surface area contributed by atoms with Crippen molar-refractivity contribution in [3.05, 3.63) is 58.6 Å². The van der Waals surface area contributed by atoms with Gasteiger partial charge in [0, 0.05) is 10.2 Å². The van der Waals surface area contributed by atoms with Crippen LogP contribution in [0.3, 0.4) is 0 Å². The number of amides is 1. The van der Waals surface area contributed by atoms with Gasteiger partial charge in [-0.2, -0.15) is 13.2 Å². The van der Waals surface area contributed by atoms with Gasteiger partial charge in [-0.25, -0.2) is 4.79 Å². The van der Waals surface area contributed by atoms with Crippen molar-refractivity contribution >= 4 is 27.7 Å². The molecule has 24 heavy (non-hydrogen) atoms. The van der Waals surface area contributed by atoms with Gasteiger partial charge in [-0.05, 0) is 42.5 Å². The molecule has 0 atom stereocenters. The molecule has 1 amide bonds. The number of alkyl halides is 3. The second kappa shape index (κ2) is 8.05. The Bertz CT molecular complexity index is 690. The second-order valence-corrected chi connectivity index (χ2v) is 5.56. The van der Waals surface area contributed by atoms with Crippen LogP contribution in [0.1, 0.15) is 5.56 Å². The van der Waals surface area contributed by atoms with Gasteiger partial charge in [0.25, 0.3) is 0 Å². The summed E-state index contributed by atoms with van der Waals surface area (Å²) in [6.07, 6.45) is -5.33. The number of hydrogen-bond donors (Lipinski definition) is 1. The molecule has 0 aliphatic heterocycles. The predicted octanol–water partition coefficient (Wildman–Crippen LogP) is 5.10. The standard InChI is InChI=1S/C16H13BrF3NO3/c17-12-4-6-14(7-5-12)23-8-9-24-15(22)21-13-3-1-2-11(10-13)16(18,19)20/h1-7,10H,8-9H2,(H,21,22). The fraction of sp³-hybridized carbons (Fsp3) is 0.188. The van der Waals surface area contributed by atoms with Crippen LogP contribution in [-0.4, -0.2) is 19.3 Å². The van der Waals surface area contributed by atoms with Gasteiger partial charge in [-0.1, -0.05) is 22.0 Å². The van der Waals surface area contributed by atoms with Gasteiger partial charge in [0.2, 0.25) is 0 Å². The minimum atomic E-state index is -4.47. The van der Waals surface area contributed by atoms with Gasteiger partial charge in [-0.3, -0.25) is 5.32 Å². The number of anilines is 1. The average Bonchev–Trinajstić information content (AvgIpc) is 2.53. The van der Waals surface area contributed by atoms with E-state index in [1.54, 1.807) is 24.3 Å². The first kappa shape index (κ1) is 18.1. The number of ether oxygens (including phenoxy) is 2. The largest absolute Gasteiger partial charge is 0.490 e. The summed E-state index contributed by atoms with van der Waals surface area (Å²) in [5, 5.41) is 2.24. The van der Waals surface area contributed by atoms with E-state index in [4.69, 9.17) is 9.47 Å². The molecule has 0 saturated carbocycles. The number of carbonyl (C=O) groups excluding carboxylic acids is 1. The van der Waals surface area contributed by atoms with E-state index in [-0.39, 0.29) is 18.9 Å². The molecule has 128 valence electrons. The Morgan fingerprint density at radius 2 is 1.79 bits per heavy atom. The molecule has 0 bridgehead atoms. The van der Waals surface area contributed by atoms with Gasteiger partial charge < -0.3 is 9.47 Å². The van der Waals surface area contributed by atoms with Crippen molar-refractivity contribution in [1.29, 1.82) is 0 Å². The first-order chi connectivity index (χ1) is 11.3. The van der Waals surface area contributed by atoms with Crippen molar-refractivity contribution in [2.45, 2.75) is 6.18 Å². The highest BCUT2D eigenvalue weighted by atomic mass is 79.9. The molecule has 0 radical (unpaired) electrons. The zero-order valence-corrected chi connectivity index (χ0v) is 13.9. The summed E-state index contributed by atoms with van der Waals surface area (Å²) in [4.78, 5) is 11.6. The number of carbonyl (C=O) groups is 1. The molecular weight excluding hydrogens is 391 g/mol.